The Kier molecular flexibility index (Phi) is 5.08. The fourth-order valence-corrected chi connectivity index (χ4v) is 3.94. The fraction of sp³-hybridized carbons (Fsp3) is 0.348. The van der Waals surface area contributed by atoms with Crippen molar-refractivity contribution in [1.29, 1.82) is 5.26 Å². The van der Waals surface area contributed by atoms with Gasteiger partial charge < -0.3 is 14.2 Å². The van der Waals surface area contributed by atoms with Gasteiger partial charge in [-0.1, -0.05) is 23.4 Å². The number of benzene rings is 2. The van der Waals surface area contributed by atoms with E-state index in [1.54, 1.807) is 12.1 Å². The molecule has 0 N–H and O–H groups in total. The molecule has 4 rings (SSSR count). The molecule has 0 bridgehead atoms. The molecule has 6 nitrogen and oxygen atoms in total. The molecule has 0 saturated heterocycles. The first kappa shape index (κ1) is 19.2. The number of fused-ring (bicyclic) bond motifs is 1. The van der Waals surface area contributed by atoms with Gasteiger partial charge in [-0.3, -0.25) is 0 Å². The molecule has 6 heteroatoms. The lowest BCUT2D eigenvalue weighted by atomic mass is 10.0. The van der Waals surface area contributed by atoms with E-state index in [1.807, 2.05) is 26.0 Å². The molecule has 148 valence electrons. The Morgan fingerprint density at radius 1 is 1.24 bits per heavy atom. The van der Waals surface area contributed by atoms with Crippen LogP contribution in [0.15, 0.2) is 40.9 Å². The smallest absolute Gasteiger partial charge is 0.258 e. The summed E-state index contributed by atoms with van der Waals surface area (Å²) >= 11 is 0. The van der Waals surface area contributed by atoms with Crippen molar-refractivity contribution in [3.05, 3.63) is 53.1 Å². The van der Waals surface area contributed by atoms with E-state index in [4.69, 9.17) is 9.26 Å². The van der Waals surface area contributed by atoms with E-state index in [2.05, 4.69) is 47.3 Å². The van der Waals surface area contributed by atoms with E-state index in [9.17, 15) is 5.26 Å². The van der Waals surface area contributed by atoms with Gasteiger partial charge in [-0.25, -0.2) is 0 Å². The van der Waals surface area contributed by atoms with Gasteiger partial charge >= 0.3 is 0 Å². The minimum Gasteiger partial charge on any atom is -0.490 e. The standard InChI is InChI=1S/C23H24N4O2/c1-14(2)28-21-11-8-15(12-16(21)13-24)23-25-22(26-29-23)19-7-5-6-18-17(19)9-10-20(18)27(3)4/h5-8,11-12,14,20H,9-10H2,1-4H3/t20-/m0/s1. The topological polar surface area (TPSA) is 75.2 Å². The Hall–Kier alpha value is -3.17. The van der Waals surface area contributed by atoms with Gasteiger partial charge in [0.15, 0.2) is 0 Å². The monoisotopic (exact) mass is 388 g/mol. The SMILES string of the molecule is CC(C)Oc1ccc(-c2nc(-c3cccc4c3CC[C@@H]4N(C)C)no2)cc1C#N. The Balaban J connectivity index is 1.68. The minimum atomic E-state index is -0.00544. The molecule has 0 aliphatic heterocycles. The van der Waals surface area contributed by atoms with E-state index in [0.717, 1.165) is 18.4 Å². The Morgan fingerprint density at radius 2 is 2.07 bits per heavy atom. The molecule has 3 aromatic rings. The molecule has 0 spiro atoms. The highest BCUT2D eigenvalue weighted by atomic mass is 16.5. The zero-order valence-corrected chi connectivity index (χ0v) is 17.1. The highest BCUT2D eigenvalue weighted by Gasteiger charge is 2.27. The summed E-state index contributed by atoms with van der Waals surface area (Å²) in [6, 6.07) is 14.2. The number of nitriles is 1. The third-order valence-corrected chi connectivity index (χ3v) is 5.24. The highest BCUT2D eigenvalue weighted by Crippen LogP contribution is 2.39. The summed E-state index contributed by atoms with van der Waals surface area (Å²) < 4.78 is 11.2. The molecule has 0 radical (unpaired) electrons. The molecule has 1 aliphatic rings. The number of hydrogen-bond donors (Lipinski definition) is 0. The lowest BCUT2D eigenvalue weighted by Gasteiger charge is -2.20. The van der Waals surface area contributed by atoms with Crippen molar-refractivity contribution in [2.24, 2.45) is 0 Å². The fourth-order valence-electron chi connectivity index (χ4n) is 3.94. The van der Waals surface area contributed by atoms with E-state index >= 15 is 0 Å². The van der Waals surface area contributed by atoms with Crippen LogP contribution in [0.1, 0.15) is 43.0 Å². The van der Waals surface area contributed by atoms with Crippen molar-refractivity contribution < 1.29 is 9.26 Å². The van der Waals surface area contributed by atoms with Gasteiger partial charge in [-0.2, -0.15) is 10.2 Å². The van der Waals surface area contributed by atoms with Gasteiger partial charge in [0.1, 0.15) is 11.8 Å². The molecule has 2 aromatic carbocycles. The van der Waals surface area contributed by atoms with Crippen molar-refractivity contribution in [1.82, 2.24) is 15.0 Å². The predicted octanol–water partition coefficient (Wildman–Crippen LogP) is 4.61. The molecule has 29 heavy (non-hydrogen) atoms. The molecule has 0 fully saturated rings. The third-order valence-electron chi connectivity index (χ3n) is 5.24. The van der Waals surface area contributed by atoms with E-state index < -0.39 is 0 Å². The van der Waals surface area contributed by atoms with Gasteiger partial charge in [-0.15, -0.1) is 0 Å². The van der Waals surface area contributed by atoms with Crippen molar-refractivity contribution in [2.75, 3.05) is 14.1 Å². The molecule has 1 atom stereocenters. The maximum atomic E-state index is 9.46. The van der Waals surface area contributed by atoms with Gasteiger partial charge in [0.05, 0.1) is 11.7 Å². The average Bonchev–Trinajstić information content (AvgIpc) is 3.35. The first-order valence-corrected chi connectivity index (χ1v) is 9.81. The Bertz CT molecular complexity index is 1080. The second-order valence-corrected chi connectivity index (χ2v) is 7.80. The lowest BCUT2D eigenvalue weighted by molar-refractivity contribution is 0.242. The zero-order valence-electron chi connectivity index (χ0n) is 17.1. The third kappa shape index (κ3) is 3.62. The van der Waals surface area contributed by atoms with Gasteiger partial charge in [0.25, 0.3) is 5.89 Å². The van der Waals surface area contributed by atoms with Crippen LogP contribution in [0, 0.1) is 11.3 Å². The number of hydrogen-bond acceptors (Lipinski definition) is 6. The van der Waals surface area contributed by atoms with Crippen LogP contribution in [0.4, 0.5) is 0 Å². The summed E-state index contributed by atoms with van der Waals surface area (Å²) in [7, 11) is 4.22. The summed E-state index contributed by atoms with van der Waals surface area (Å²) in [6.07, 6.45) is 2.08. The molecule has 0 saturated carbocycles. The zero-order chi connectivity index (χ0) is 20.5. The summed E-state index contributed by atoms with van der Waals surface area (Å²) in [5, 5.41) is 13.7. The van der Waals surface area contributed by atoms with Crippen LogP contribution in [0.3, 0.4) is 0 Å². The molecule has 1 heterocycles. The van der Waals surface area contributed by atoms with Crippen LogP contribution in [0.5, 0.6) is 5.75 Å². The van der Waals surface area contributed by atoms with Crippen molar-refractivity contribution in [2.45, 2.75) is 38.8 Å². The second-order valence-electron chi connectivity index (χ2n) is 7.80. The molecular weight excluding hydrogens is 364 g/mol. The van der Waals surface area contributed by atoms with Crippen LogP contribution in [0.2, 0.25) is 0 Å². The van der Waals surface area contributed by atoms with Crippen molar-refractivity contribution in [3.8, 4) is 34.7 Å². The Morgan fingerprint density at radius 3 is 2.79 bits per heavy atom. The highest BCUT2D eigenvalue weighted by molar-refractivity contribution is 5.67. The number of ether oxygens (including phenoxy) is 1. The van der Waals surface area contributed by atoms with E-state index in [-0.39, 0.29) is 6.10 Å². The molecule has 1 aliphatic carbocycles. The quantitative estimate of drug-likeness (QED) is 0.635. The minimum absolute atomic E-state index is 0.00544. The molecule has 0 unspecified atom stereocenters. The first-order chi connectivity index (χ1) is 14.0. The first-order valence-electron chi connectivity index (χ1n) is 9.81. The number of aromatic nitrogens is 2. The second kappa shape index (κ2) is 7.69. The maximum absolute atomic E-state index is 9.46. The van der Waals surface area contributed by atoms with E-state index in [1.165, 1.54) is 11.1 Å². The van der Waals surface area contributed by atoms with Crippen LogP contribution >= 0.6 is 0 Å². The van der Waals surface area contributed by atoms with Gasteiger partial charge in [-0.05, 0) is 70.1 Å². The van der Waals surface area contributed by atoms with Crippen LogP contribution in [-0.2, 0) is 6.42 Å². The normalized spacial score (nSPS) is 15.6. The molecular formula is C23H24N4O2. The maximum Gasteiger partial charge on any atom is 0.258 e. The summed E-state index contributed by atoms with van der Waals surface area (Å²) in [5.41, 5.74) is 4.79. The summed E-state index contributed by atoms with van der Waals surface area (Å²) in [6.45, 7) is 3.86. The van der Waals surface area contributed by atoms with Gasteiger partial charge in [0.2, 0.25) is 5.82 Å². The average molecular weight is 388 g/mol. The van der Waals surface area contributed by atoms with Crippen LogP contribution in [0.25, 0.3) is 22.8 Å². The molecule has 1 aromatic heterocycles. The number of nitrogens with zero attached hydrogens (tertiary/aromatic N) is 4. The van der Waals surface area contributed by atoms with Crippen molar-refractivity contribution in [3.63, 3.8) is 0 Å². The van der Waals surface area contributed by atoms with Gasteiger partial charge in [0, 0.05) is 17.2 Å². The lowest BCUT2D eigenvalue weighted by Crippen LogP contribution is -2.17. The van der Waals surface area contributed by atoms with Crippen LogP contribution in [-0.4, -0.2) is 35.2 Å². The van der Waals surface area contributed by atoms with Crippen molar-refractivity contribution >= 4 is 0 Å². The predicted molar refractivity (Wildman–Crippen MR) is 110 cm³/mol. The number of rotatable bonds is 5. The summed E-state index contributed by atoms with van der Waals surface area (Å²) in [4.78, 5) is 6.87. The molecule has 0 amide bonds. The largest absolute Gasteiger partial charge is 0.490 e. The van der Waals surface area contributed by atoms with Crippen LogP contribution < -0.4 is 4.74 Å². The van der Waals surface area contributed by atoms with E-state index in [0.29, 0.717) is 34.6 Å². The Labute approximate surface area is 170 Å². The summed E-state index contributed by atoms with van der Waals surface area (Å²) in [5.74, 6) is 1.53.